The largest absolute Gasteiger partial charge is 0.366 e. The SMILES string of the molecule is CCn1nc(C)cc1C(=O)Nc1nc2cc(C(N)=O)ccc2n1CC=CCn1c(NC(=O)c2cc(C)nn2CC)nc2cccc(Br)c21. The number of imidazole rings is 2. The Bertz CT molecular complexity index is 2240. The number of nitrogens with one attached hydrogen (secondary N) is 2. The second-order valence-corrected chi connectivity index (χ2v) is 12.0. The summed E-state index contributed by atoms with van der Waals surface area (Å²) >= 11 is 3.64. The lowest BCUT2D eigenvalue weighted by Gasteiger charge is -2.10. The summed E-state index contributed by atoms with van der Waals surface area (Å²) in [5.41, 5.74) is 10.9. The van der Waals surface area contributed by atoms with Gasteiger partial charge in [0.15, 0.2) is 0 Å². The number of anilines is 2. The third kappa shape index (κ3) is 6.23. The van der Waals surface area contributed by atoms with Gasteiger partial charge in [0.2, 0.25) is 17.8 Å². The van der Waals surface area contributed by atoms with Gasteiger partial charge in [0.05, 0.1) is 33.5 Å². The standard InChI is InChI=1S/C33H34BrN11O3/c1-5-44-26(16-19(3)40-44)30(47)38-32-37-24-18-21(29(35)46)12-13-25(24)42(32)14-7-8-15-43-28-22(34)10-9-11-23(28)36-33(43)39-31(48)27-17-20(4)41-45(27)6-2/h7-13,16-18H,5-6,14-15H2,1-4H3,(H2,35,46)(H,36,39,48)(H,37,38,47). The summed E-state index contributed by atoms with van der Waals surface area (Å²) in [6.07, 6.45) is 3.88. The molecule has 6 aromatic rings. The molecule has 0 bridgehead atoms. The molecule has 48 heavy (non-hydrogen) atoms. The number of hydrogen-bond donors (Lipinski definition) is 3. The third-order valence-electron chi connectivity index (χ3n) is 7.81. The van der Waals surface area contributed by atoms with Crippen molar-refractivity contribution in [3.8, 4) is 0 Å². The van der Waals surface area contributed by atoms with Gasteiger partial charge in [-0.05, 0) is 86.1 Å². The van der Waals surface area contributed by atoms with Crippen molar-refractivity contribution in [2.24, 2.45) is 5.73 Å². The van der Waals surface area contributed by atoms with Gasteiger partial charge in [0.1, 0.15) is 11.4 Å². The van der Waals surface area contributed by atoms with E-state index in [9.17, 15) is 14.4 Å². The Kier molecular flexibility index (Phi) is 8.95. The van der Waals surface area contributed by atoms with Crippen LogP contribution in [-0.4, -0.2) is 56.4 Å². The minimum Gasteiger partial charge on any atom is -0.366 e. The monoisotopic (exact) mass is 711 g/mol. The van der Waals surface area contributed by atoms with E-state index in [-0.39, 0.29) is 11.8 Å². The van der Waals surface area contributed by atoms with Crippen molar-refractivity contribution in [3.63, 3.8) is 0 Å². The van der Waals surface area contributed by atoms with E-state index in [1.54, 1.807) is 39.7 Å². The van der Waals surface area contributed by atoms with Gasteiger partial charge >= 0.3 is 0 Å². The molecule has 0 aliphatic rings. The number of fused-ring (bicyclic) bond motifs is 2. The summed E-state index contributed by atoms with van der Waals surface area (Å²) in [6, 6.07) is 14.1. The number of primary amides is 1. The number of carbonyl (C=O) groups excluding carboxylic acids is 3. The predicted molar refractivity (Wildman–Crippen MR) is 186 cm³/mol. The van der Waals surface area contributed by atoms with E-state index < -0.39 is 5.91 Å². The molecular weight excluding hydrogens is 678 g/mol. The minimum atomic E-state index is -0.574. The summed E-state index contributed by atoms with van der Waals surface area (Å²) in [7, 11) is 0. The van der Waals surface area contributed by atoms with Gasteiger partial charge in [-0.3, -0.25) is 34.4 Å². The fourth-order valence-corrected chi connectivity index (χ4v) is 6.18. The Labute approximate surface area is 283 Å². The van der Waals surface area contributed by atoms with Crippen molar-refractivity contribution in [2.45, 2.75) is 53.9 Å². The Morgan fingerprint density at radius 1 is 0.792 bits per heavy atom. The normalized spacial score (nSPS) is 11.6. The van der Waals surface area contributed by atoms with Crippen LogP contribution in [-0.2, 0) is 26.2 Å². The van der Waals surface area contributed by atoms with E-state index in [1.165, 1.54) is 0 Å². The molecule has 4 heterocycles. The average molecular weight is 713 g/mol. The second-order valence-electron chi connectivity index (χ2n) is 11.1. The van der Waals surface area contributed by atoms with Crippen LogP contribution >= 0.6 is 15.9 Å². The molecule has 0 spiro atoms. The van der Waals surface area contributed by atoms with Crippen LogP contribution in [0, 0.1) is 13.8 Å². The smallest absolute Gasteiger partial charge is 0.276 e. The predicted octanol–water partition coefficient (Wildman–Crippen LogP) is 5.06. The zero-order valence-electron chi connectivity index (χ0n) is 26.9. The lowest BCUT2D eigenvalue weighted by Crippen LogP contribution is -2.20. The molecule has 246 valence electrons. The van der Waals surface area contributed by atoms with E-state index in [1.807, 2.05) is 67.2 Å². The van der Waals surface area contributed by atoms with Crippen molar-refractivity contribution >= 4 is 67.6 Å². The van der Waals surface area contributed by atoms with Crippen LogP contribution in [0.15, 0.2) is 65.2 Å². The molecule has 0 atom stereocenters. The highest BCUT2D eigenvalue weighted by atomic mass is 79.9. The summed E-state index contributed by atoms with van der Waals surface area (Å²) < 4.78 is 7.86. The molecule has 0 unspecified atom stereocenters. The highest BCUT2D eigenvalue weighted by Crippen LogP contribution is 2.28. The molecule has 0 saturated carbocycles. The van der Waals surface area contributed by atoms with Crippen LogP contribution in [0.1, 0.15) is 56.6 Å². The first kappa shape index (κ1) is 32.4. The van der Waals surface area contributed by atoms with E-state index in [4.69, 9.17) is 10.7 Å². The molecule has 0 aliphatic carbocycles. The first-order valence-electron chi connectivity index (χ1n) is 15.4. The summed E-state index contributed by atoms with van der Waals surface area (Å²) in [4.78, 5) is 47.9. The molecule has 15 heteroatoms. The number of allylic oxidation sites excluding steroid dienone is 2. The maximum absolute atomic E-state index is 13.4. The van der Waals surface area contributed by atoms with Crippen molar-refractivity contribution in [2.75, 3.05) is 10.6 Å². The maximum Gasteiger partial charge on any atom is 0.276 e. The Balaban J connectivity index is 1.31. The first-order chi connectivity index (χ1) is 23.1. The van der Waals surface area contributed by atoms with Crippen LogP contribution in [0.25, 0.3) is 22.1 Å². The Morgan fingerprint density at radius 3 is 1.94 bits per heavy atom. The summed E-state index contributed by atoms with van der Waals surface area (Å²) in [5, 5.41) is 14.7. The van der Waals surface area contributed by atoms with E-state index in [2.05, 4.69) is 41.7 Å². The molecule has 0 saturated heterocycles. The van der Waals surface area contributed by atoms with Gasteiger partial charge < -0.3 is 14.9 Å². The van der Waals surface area contributed by atoms with Gasteiger partial charge in [-0.1, -0.05) is 18.2 Å². The first-order valence-corrected chi connectivity index (χ1v) is 16.2. The van der Waals surface area contributed by atoms with Crippen LogP contribution in [0.5, 0.6) is 0 Å². The van der Waals surface area contributed by atoms with Crippen molar-refractivity contribution in [1.29, 1.82) is 0 Å². The fraction of sp³-hybridized carbons (Fsp3) is 0.242. The second kappa shape index (κ2) is 13.3. The number of nitrogens with zero attached hydrogens (tertiary/aromatic N) is 8. The zero-order valence-corrected chi connectivity index (χ0v) is 28.4. The van der Waals surface area contributed by atoms with Crippen molar-refractivity contribution < 1.29 is 14.4 Å². The maximum atomic E-state index is 13.4. The molecule has 2 aromatic carbocycles. The number of benzene rings is 2. The zero-order chi connectivity index (χ0) is 34.1. The number of carbonyl (C=O) groups is 3. The number of nitrogens with two attached hydrogens (primary N) is 1. The van der Waals surface area contributed by atoms with Crippen LogP contribution < -0.4 is 16.4 Å². The number of halogens is 1. The number of aromatic nitrogens is 8. The lowest BCUT2D eigenvalue weighted by molar-refractivity contribution is 0.0995. The van der Waals surface area contributed by atoms with Crippen LogP contribution in [0.3, 0.4) is 0 Å². The molecule has 0 fully saturated rings. The molecule has 0 radical (unpaired) electrons. The van der Waals surface area contributed by atoms with E-state index in [0.29, 0.717) is 71.6 Å². The number of rotatable bonds is 11. The molecule has 4 N–H and O–H groups in total. The van der Waals surface area contributed by atoms with Gasteiger partial charge in [-0.25, -0.2) is 9.97 Å². The summed E-state index contributed by atoms with van der Waals surface area (Å²) in [6.45, 7) is 9.30. The molecule has 14 nitrogen and oxygen atoms in total. The molecule has 0 aliphatic heterocycles. The number of para-hydroxylation sites is 1. The van der Waals surface area contributed by atoms with Gasteiger partial charge in [0, 0.05) is 36.2 Å². The van der Waals surface area contributed by atoms with Crippen molar-refractivity contribution in [3.05, 3.63) is 93.5 Å². The van der Waals surface area contributed by atoms with Gasteiger partial charge in [-0.15, -0.1) is 0 Å². The fourth-order valence-electron chi connectivity index (χ4n) is 5.61. The third-order valence-corrected chi connectivity index (χ3v) is 8.45. The highest BCUT2D eigenvalue weighted by Gasteiger charge is 2.20. The molecular formula is C33H34BrN11O3. The minimum absolute atomic E-state index is 0.300. The van der Waals surface area contributed by atoms with Gasteiger partial charge in [0.25, 0.3) is 11.8 Å². The van der Waals surface area contributed by atoms with Gasteiger partial charge in [-0.2, -0.15) is 10.2 Å². The topological polar surface area (TPSA) is 173 Å². The molecule has 4 aromatic heterocycles. The van der Waals surface area contributed by atoms with Crippen LogP contribution in [0.2, 0.25) is 0 Å². The lowest BCUT2D eigenvalue weighted by atomic mass is 10.2. The quantitative estimate of drug-likeness (QED) is 0.158. The van der Waals surface area contributed by atoms with E-state index in [0.717, 1.165) is 21.4 Å². The molecule has 6 rings (SSSR count). The Hall–Kier alpha value is -5.57. The van der Waals surface area contributed by atoms with Crippen LogP contribution in [0.4, 0.5) is 11.9 Å². The van der Waals surface area contributed by atoms with Crippen molar-refractivity contribution in [1.82, 2.24) is 38.7 Å². The number of aryl methyl sites for hydroxylation is 4. The number of hydrogen-bond acceptors (Lipinski definition) is 7. The number of amides is 3. The van der Waals surface area contributed by atoms with E-state index >= 15 is 0 Å². The highest BCUT2D eigenvalue weighted by molar-refractivity contribution is 9.10. The Morgan fingerprint density at radius 2 is 1.35 bits per heavy atom. The molecule has 3 amide bonds. The average Bonchev–Trinajstić information content (AvgIpc) is 3.81. The summed E-state index contributed by atoms with van der Waals surface area (Å²) in [5.74, 6) is -0.558.